The maximum atomic E-state index is 12.1. The summed E-state index contributed by atoms with van der Waals surface area (Å²) in [4.78, 5) is 31.4. The van der Waals surface area contributed by atoms with Crippen molar-refractivity contribution in [3.8, 4) is 0 Å². The Kier molecular flexibility index (Phi) is 4.46. The molecule has 20 heavy (non-hydrogen) atoms. The quantitative estimate of drug-likeness (QED) is 0.712. The molecule has 3 amide bonds. The molecular formula is C13H23N5O2. The summed E-state index contributed by atoms with van der Waals surface area (Å²) < 4.78 is 0. The fourth-order valence-corrected chi connectivity index (χ4v) is 2.73. The van der Waals surface area contributed by atoms with E-state index in [2.05, 4.69) is 22.5 Å². The van der Waals surface area contributed by atoms with E-state index in [9.17, 15) is 9.59 Å². The van der Waals surface area contributed by atoms with Crippen molar-refractivity contribution in [3.05, 3.63) is 0 Å². The number of carbonyl (C=O) groups is 2. The molecule has 2 rings (SSSR count). The molecule has 0 aliphatic carbocycles. The Morgan fingerprint density at radius 1 is 1.25 bits per heavy atom. The lowest BCUT2D eigenvalue weighted by molar-refractivity contribution is -0.127. The summed E-state index contributed by atoms with van der Waals surface area (Å²) in [5.41, 5.74) is 0. The van der Waals surface area contributed by atoms with Crippen LogP contribution in [0.15, 0.2) is 4.99 Å². The van der Waals surface area contributed by atoms with Gasteiger partial charge in [-0.05, 0) is 6.42 Å². The molecule has 2 saturated heterocycles. The molecule has 0 spiro atoms. The van der Waals surface area contributed by atoms with Gasteiger partial charge in [-0.3, -0.25) is 15.1 Å². The number of carbonyl (C=O) groups excluding carboxylic acids is 2. The van der Waals surface area contributed by atoms with E-state index in [0.717, 1.165) is 19.4 Å². The Labute approximate surface area is 119 Å². The maximum absolute atomic E-state index is 12.1. The number of amides is 3. The molecule has 2 aliphatic rings. The topological polar surface area (TPSA) is 77.0 Å². The summed E-state index contributed by atoms with van der Waals surface area (Å²) in [6, 6.07) is -0.759. The summed E-state index contributed by atoms with van der Waals surface area (Å²) >= 11 is 0. The van der Waals surface area contributed by atoms with Crippen LogP contribution in [0.1, 0.15) is 32.6 Å². The molecule has 0 saturated carbocycles. The van der Waals surface area contributed by atoms with E-state index in [1.54, 1.807) is 14.1 Å². The number of nitrogens with zero attached hydrogens (tertiary/aromatic N) is 3. The number of nitrogens with one attached hydrogen (secondary N) is 2. The zero-order valence-electron chi connectivity index (χ0n) is 12.3. The van der Waals surface area contributed by atoms with Gasteiger partial charge in [-0.1, -0.05) is 26.2 Å². The van der Waals surface area contributed by atoms with E-state index in [0.29, 0.717) is 5.96 Å². The van der Waals surface area contributed by atoms with Gasteiger partial charge < -0.3 is 15.1 Å². The maximum Gasteiger partial charge on any atom is 0.325 e. The third kappa shape index (κ3) is 2.57. The highest BCUT2D eigenvalue weighted by Gasteiger charge is 2.49. The van der Waals surface area contributed by atoms with Gasteiger partial charge in [-0.15, -0.1) is 0 Å². The molecule has 2 atom stereocenters. The summed E-state index contributed by atoms with van der Waals surface area (Å²) in [7, 11) is 3.37. The predicted molar refractivity (Wildman–Crippen MR) is 76.2 cm³/mol. The molecule has 2 fully saturated rings. The van der Waals surface area contributed by atoms with Gasteiger partial charge in [0.25, 0.3) is 5.91 Å². The van der Waals surface area contributed by atoms with Crippen LogP contribution >= 0.6 is 0 Å². The lowest BCUT2D eigenvalue weighted by Crippen LogP contribution is -2.64. The molecule has 112 valence electrons. The van der Waals surface area contributed by atoms with Gasteiger partial charge >= 0.3 is 6.03 Å². The number of aliphatic imine (C=N–C) groups is 1. The second-order valence-electron chi connectivity index (χ2n) is 5.24. The molecule has 2 N–H and O–H groups in total. The molecule has 7 heteroatoms. The van der Waals surface area contributed by atoms with Gasteiger partial charge in [0.05, 0.1) is 0 Å². The molecule has 2 unspecified atom stereocenters. The Morgan fingerprint density at radius 2 is 2.00 bits per heavy atom. The summed E-state index contributed by atoms with van der Waals surface area (Å²) in [5, 5.41) is 5.55. The fourth-order valence-electron chi connectivity index (χ4n) is 2.73. The Hall–Kier alpha value is -1.79. The second-order valence-corrected chi connectivity index (χ2v) is 5.24. The highest BCUT2D eigenvalue weighted by atomic mass is 16.2. The Morgan fingerprint density at radius 3 is 2.65 bits per heavy atom. The van der Waals surface area contributed by atoms with Crippen LogP contribution in [0.5, 0.6) is 0 Å². The minimum absolute atomic E-state index is 0.250. The molecule has 0 aromatic heterocycles. The SMILES string of the molecule is CCCCCCN1C(=NC)NC2C1C(=O)NC(=O)N2C. The number of rotatable bonds is 5. The van der Waals surface area contributed by atoms with Gasteiger partial charge in [-0.25, -0.2) is 4.79 Å². The number of hydrogen-bond acceptors (Lipinski definition) is 3. The van der Waals surface area contributed by atoms with Crippen molar-refractivity contribution in [1.82, 2.24) is 20.4 Å². The van der Waals surface area contributed by atoms with Gasteiger partial charge in [0.1, 0.15) is 6.17 Å². The number of urea groups is 1. The number of likely N-dealkylation sites (N-methyl/N-ethyl adjacent to an activating group) is 1. The molecule has 0 aromatic carbocycles. The number of guanidine groups is 1. The summed E-state index contributed by atoms with van der Waals surface area (Å²) in [6.45, 7) is 2.94. The van der Waals surface area contributed by atoms with E-state index >= 15 is 0 Å². The van der Waals surface area contributed by atoms with Crippen LogP contribution in [0.25, 0.3) is 0 Å². The van der Waals surface area contributed by atoms with Crippen LogP contribution in [-0.4, -0.2) is 60.5 Å². The first kappa shape index (κ1) is 14.6. The standard InChI is InChI=1S/C13H23N5O2/c1-4-5-6-7-8-18-9-10(15-12(18)14-2)17(3)13(20)16-11(9)19/h9-10H,4-8H2,1-3H3,(H,14,15)(H,16,19,20). The zero-order chi connectivity index (χ0) is 14.7. The van der Waals surface area contributed by atoms with E-state index in [1.807, 2.05) is 4.90 Å². The second kappa shape index (κ2) is 6.11. The largest absolute Gasteiger partial charge is 0.334 e. The minimum atomic E-state index is -0.391. The van der Waals surface area contributed by atoms with Gasteiger partial charge in [0, 0.05) is 20.6 Å². The highest BCUT2D eigenvalue weighted by molar-refractivity contribution is 6.04. The number of hydrogen-bond donors (Lipinski definition) is 2. The molecule has 2 aliphatic heterocycles. The Bertz CT molecular complexity index is 423. The fraction of sp³-hybridized carbons (Fsp3) is 0.769. The average molecular weight is 281 g/mol. The zero-order valence-corrected chi connectivity index (χ0v) is 12.3. The predicted octanol–water partition coefficient (Wildman–Crippen LogP) is 0.334. The lowest BCUT2D eigenvalue weighted by atomic mass is 10.1. The van der Waals surface area contributed by atoms with Crippen molar-refractivity contribution in [3.63, 3.8) is 0 Å². The van der Waals surface area contributed by atoms with E-state index in [4.69, 9.17) is 0 Å². The van der Waals surface area contributed by atoms with Crippen LogP contribution in [0.2, 0.25) is 0 Å². The van der Waals surface area contributed by atoms with E-state index < -0.39 is 6.04 Å². The minimum Gasteiger partial charge on any atom is -0.334 e. The van der Waals surface area contributed by atoms with Crippen LogP contribution in [-0.2, 0) is 4.79 Å². The van der Waals surface area contributed by atoms with Crippen LogP contribution < -0.4 is 10.6 Å². The average Bonchev–Trinajstić information content (AvgIpc) is 2.80. The van der Waals surface area contributed by atoms with E-state index in [1.165, 1.54) is 17.7 Å². The first-order valence-electron chi connectivity index (χ1n) is 7.17. The van der Waals surface area contributed by atoms with Gasteiger partial charge in [0.15, 0.2) is 12.0 Å². The van der Waals surface area contributed by atoms with Crippen molar-refractivity contribution < 1.29 is 9.59 Å². The number of fused-ring (bicyclic) bond motifs is 1. The van der Waals surface area contributed by atoms with Crippen molar-refractivity contribution in [1.29, 1.82) is 0 Å². The van der Waals surface area contributed by atoms with Gasteiger partial charge in [0.2, 0.25) is 0 Å². The van der Waals surface area contributed by atoms with Crippen LogP contribution in [0.3, 0.4) is 0 Å². The third-order valence-corrected chi connectivity index (χ3v) is 3.88. The number of imide groups is 1. The normalized spacial score (nSPS) is 27.6. The molecule has 2 heterocycles. The number of unbranched alkanes of at least 4 members (excludes halogenated alkanes) is 3. The van der Waals surface area contributed by atoms with Crippen molar-refractivity contribution in [2.45, 2.75) is 44.8 Å². The van der Waals surface area contributed by atoms with Crippen molar-refractivity contribution >= 4 is 17.9 Å². The Balaban J connectivity index is 2.09. The smallest absolute Gasteiger partial charge is 0.325 e. The molecular weight excluding hydrogens is 258 g/mol. The highest BCUT2D eigenvalue weighted by Crippen LogP contribution is 2.21. The first-order chi connectivity index (χ1) is 9.60. The summed E-state index contributed by atoms with van der Waals surface area (Å²) in [6.07, 6.45) is 4.19. The third-order valence-electron chi connectivity index (χ3n) is 3.88. The van der Waals surface area contributed by atoms with Crippen LogP contribution in [0.4, 0.5) is 4.79 Å². The van der Waals surface area contributed by atoms with Crippen LogP contribution in [0, 0.1) is 0 Å². The molecule has 7 nitrogen and oxygen atoms in total. The molecule has 0 bridgehead atoms. The molecule has 0 aromatic rings. The van der Waals surface area contributed by atoms with Crippen molar-refractivity contribution in [2.75, 3.05) is 20.6 Å². The summed E-state index contributed by atoms with van der Waals surface area (Å²) in [5.74, 6) is 0.438. The van der Waals surface area contributed by atoms with E-state index in [-0.39, 0.29) is 18.1 Å². The first-order valence-corrected chi connectivity index (χ1v) is 7.17. The lowest BCUT2D eigenvalue weighted by Gasteiger charge is -2.35. The van der Waals surface area contributed by atoms with Gasteiger partial charge in [-0.2, -0.15) is 0 Å². The molecule has 0 radical (unpaired) electrons. The van der Waals surface area contributed by atoms with Crippen molar-refractivity contribution in [2.24, 2.45) is 4.99 Å². The monoisotopic (exact) mass is 281 g/mol.